The van der Waals surface area contributed by atoms with Crippen molar-refractivity contribution in [1.82, 2.24) is 0 Å². The van der Waals surface area contributed by atoms with Gasteiger partial charge in [0.2, 0.25) is 0 Å². The summed E-state index contributed by atoms with van der Waals surface area (Å²) >= 11 is 37.5. The van der Waals surface area contributed by atoms with Crippen LogP contribution in [0.2, 0.25) is 30.1 Å². The Hall–Kier alpha value is -1.94. The second kappa shape index (κ2) is 15.1. The lowest BCUT2D eigenvalue weighted by Crippen LogP contribution is -2.43. The SMILES string of the molecule is CC1CC(CCOC(=O)c2c(Cl)c(Cl)cc(Cl)c2OC(=O)C(=O)Oc2c(Cl)cc(Cl)c(Cl)c2C(=O)OCCC2CC(C)C2(C)C)C1(C)C. The molecule has 0 bridgehead atoms. The fourth-order valence-corrected chi connectivity index (χ4v) is 7.69. The summed E-state index contributed by atoms with van der Waals surface area (Å²) in [5.41, 5.74) is -0.718. The van der Waals surface area contributed by atoms with E-state index in [2.05, 4.69) is 41.5 Å². The number of halogens is 6. The zero-order valence-corrected chi connectivity index (χ0v) is 31.8. The third-order valence-corrected chi connectivity index (χ3v) is 12.7. The van der Waals surface area contributed by atoms with Gasteiger partial charge in [0.15, 0.2) is 11.5 Å². The molecule has 0 N–H and O–H groups in total. The van der Waals surface area contributed by atoms with E-state index in [-0.39, 0.29) is 54.2 Å². The molecule has 4 rings (SSSR count). The van der Waals surface area contributed by atoms with Gasteiger partial charge in [0.25, 0.3) is 0 Å². The van der Waals surface area contributed by atoms with Gasteiger partial charge in [-0.05, 0) is 72.3 Å². The van der Waals surface area contributed by atoms with E-state index in [0.29, 0.717) is 36.5 Å². The molecule has 2 aliphatic carbocycles. The van der Waals surface area contributed by atoms with Gasteiger partial charge in [0.1, 0.15) is 11.1 Å². The monoisotopic (exact) mass is 782 g/mol. The standard InChI is InChI=1S/C34H36Cl6O8/c1-15-11-17(33(15,3)4)7-9-45-29(41)23-25(39)19(35)13-21(37)27(23)47-31(43)32(44)48-28-22(38)14-20(36)26(40)24(28)30(42)46-10-8-18-12-16(2)34(18,5)6/h13-18H,7-12H2,1-6H3. The third kappa shape index (κ3) is 7.84. The molecule has 2 saturated carbocycles. The molecular formula is C34H36Cl6O8. The molecule has 0 saturated heterocycles. The van der Waals surface area contributed by atoms with E-state index in [1.54, 1.807) is 0 Å². The molecule has 0 radical (unpaired) electrons. The van der Waals surface area contributed by atoms with Crippen molar-refractivity contribution in [3.63, 3.8) is 0 Å². The van der Waals surface area contributed by atoms with Crippen LogP contribution in [0, 0.1) is 34.5 Å². The lowest BCUT2D eigenvalue weighted by molar-refractivity contribution is -0.156. The van der Waals surface area contributed by atoms with Gasteiger partial charge in [-0.2, -0.15) is 0 Å². The molecule has 0 heterocycles. The minimum atomic E-state index is -1.64. The number of carbonyl (C=O) groups excluding carboxylic acids is 4. The van der Waals surface area contributed by atoms with E-state index in [0.717, 1.165) is 25.0 Å². The predicted octanol–water partition coefficient (Wildman–Crippen LogP) is 10.6. The first-order valence-electron chi connectivity index (χ1n) is 15.4. The fraction of sp³-hybridized carbons (Fsp3) is 0.529. The molecule has 0 spiro atoms. The summed E-state index contributed by atoms with van der Waals surface area (Å²) < 4.78 is 21.3. The summed E-state index contributed by atoms with van der Waals surface area (Å²) in [6, 6.07) is 2.26. The summed E-state index contributed by atoms with van der Waals surface area (Å²) in [6.07, 6.45) is 3.20. The van der Waals surface area contributed by atoms with Crippen molar-refractivity contribution in [1.29, 1.82) is 0 Å². The first kappa shape index (κ1) is 38.9. The van der Waals surface area contributed by atoms with E-state index in [1.165, 1.54) is 0 Å². The van der Waals surface area contributed by atoms with Gasteiger partial charge in [0, 0.05) is 0 Å². The molecule has 0 amide bonds. The van der Waals surface area contributed by atoms with Crippen molar-refractivity contribution in [2.45, 2.75) is 67.2 Å². The maximum atomic E-state index is 13.2. The number of hydrogen-bond acceptors (Lipinski definition) is 8. The van der Waals surface area contributed by atoms with Gasteiger partial charge in [-0.1, -0.05) is 111 Å². The third-order valence-electron chi connectivity index (χ3n) is 10.5. The summed E-state index contributed by atoms with van der Waals surface area (Å²) in [7, 11) is 0. The molecule has 0 aromatic heterocycles. The van der Waals surface area contributed by atoms with Crippen LogP contribution in [0.4, 0.5) is 0 Å². The van der Waals surface area contributed by atoms with Crippen LogP contribution in [0.1, 0.15) is 87.9 Å². The Morgan fingerprint density at radius 3 is 1.25 bits per heavy atom. The van der Waals surface area contributed by atoms with Crippen LogP contribution in [0.15, 0.2) is 12.1 Å². The molecule has 14 heteroatoms. The van der Waals surface area contributed by atoms with Crippen LogP contribution >= 0.6 is 69.6 Å². The van der Waals surface area contributed by atoms with Crippen LogP contribution < -0.4 is 9.47 Å². The second-order valence-corrected chi connectivity index (χ2v) is 16.0. The van der Waals surface area contributed by atoms with Gasteiger partial charge in [-0.3, -0.25) is 0 Å². The Bertz CT molecular complexity index is 1520. The Balaban J connectivity index is 1.49. The number of esters is 4. The number of rotatable bonds is 10. The molecule has 4 unspecified atom stereocenters. The maximum Gasteiger partial charge on any atom is 0.423 e. The summed E-state index contributed by atoms with van der Waals surface area (Å²) in [5.74, 6) is -4.61. The molecule has 4 atom stereocenters. The highest BCUT2D eigenvalue weighted by Gasteiger charge is 2.45. The fourth-order valence-electron chi connectivity index (χ4n) is 6.25. The van der Waals surface area contributed by atoms with E-state index in [4.69, 9.17) is 88.6 Å². The van der Waals surface area contributed by atoms with Gasteiger partial charge in [0.05, 0.1) is 43.3 Å². The lowest BCUT2D eigenvalue weighted by Gasteiger charge is -2.51. The van der Waals surface area contributed by atoms with Crippen LogP contribution in [0.5, 0.6) is 11.5 Å². The highest BCUT2D eigenvalue weighted by molar-refractivity contribution is 6.47. The van der Waals surface area contributed by atoms with E-state index in [9.17, 15) is 19.2 Å². The van der Waals surface area contributed by atoms with Crippen molar-refractivity contribution in [2.75, 3.05) is 13.2 Å². The molecule has 2 fully saturated rings. The summed E-state index contributed by atoms with van der Waals surface area (Å²) in [5, 5.41) is -1.48. The predicted molar refractivity (Wildman–Crippen MR) is 186 cm³/mol. The van der Waals surface area contributed by atoms with E-state index >= 15 is 0 Å². The molecule has 262 valence electrons. The van der Waals surface area contributed by atoms with Crippen molar-refractivity contribution in [3.8, 4) is 11.5 Å². The first-order chi connectivity index (χ1) is 22.3. The van der Waals surface area contributed by atoms with Gasteiger partial charge >= 0.3 is 23.9 Å². The van der Waals surface area contributed by atoms with E-state index in [1.807, 2.05) is 0 Å². The maximum absolute atomic E-state index is 13.2. The van der Waals surface area contributed by atoms with Gasteiger partial charge < -0.3 is 18.9 Å². The highest BCUT2D eigenvalue weighted by Crippen LogP contribution is 2.53. The van der Waals surface area contributed by atoms with Crippen LogP contribution in [0.3, 0.4) is 0 Å². The molecule has 0 aliphatic heterocycles. The number of ether oxygens (including phenoxy) is 4. The quantitative estimate of drug-likeness (QED) is 0.101. The minimum absolute atomic E-state index is 0.0573. The zero-order chi connectivity index (χ0) is 35.9. The zero-order valence-electron chi connectivity index (χ0n) is 27.2. The molecule has 8 nitrogen and oxygen atoms in total. The Morgan fingerprint density at radius 1 is 0.625 bits per heavy atom. The highest BCUT2D eigenvalue weighted by atomic mass is 35.5. The van der Waals surface area contributed by atoms with Crippen molar-refractivity contribution >= 4 is 93.5 Å². The topological polar surface area (TPSA) is 105 Å². The summed E-state index contributed by atoms with van der Waals surface area (Å²) in [6.45, 7) is 13.1. The summed E-state index contributed by atoms with van der Waals surface area (Å²) in [4.78, 5) is 52.3. The van der Waals surface area contributed by atoms with Crippen molar-refractivity contribution < 1.29 is 38.1 Å². The first-order valence-corrected chi connectivity index (χ1v) is 17.7. The molecule has 2 aromatic rings. The Morgan fingerprint density at radius 2 is 0.958 bits per heavy atom. The van der Waals surface area contributed by atoms with Crippen LogP contribution in [-0.4, -0.2) is 37.1 Å². The molecule has 2 aromatic carbocycles. The van der Waals surface area contributed by atoms with Gasteiger partial charge in [-0.15, -0.1) is 0 Å². The average molecular weight is 785 g/mol. The minimum Gasteiger partial charge on any atom is -0.462 e. The van der Waals surface area contributed by atoms with Crippen molar-refractivity contribution in [3.05, 3.63) is 53.4 Å². The van der Waals surface area contributed by atoms with E-state index < -0.39 is 46.5 Å². The normalized spacial score (nSPS) is 22.2. The van der Waals surface area contributed by atoms with Crippen LogP contribution in [0.25, 0.3) is 0 Å². The number of carbonyl (C=O) groups is 4. The molecular weight excluding hydrogens is 749 g/mol. The Kier molecular flexibility index (Phi) is 12.2. The Labute approximate surface area is 309 Å². The number of hydrogen-bond donors (Lipinski definition) is 0. The van der Waals surface area contributed by atoms with Crippen LogP contribution in [-0.2, 0) is 19.1 Å². The molecule has 2 aliphatic rings. The smallest absolute Gasteiger partial charge is 0.423 e. The second-order valence-electron chi connectivity index (χ2n) is 13.7. The number of benzene rings is 2. The van der Waals surface area contributed by atoms with Gasteiger partial charge in [-0.25, -0.2) is 19.2 Å². The molecule has 48 heavy (non-hydrogen) atoms. The average Bonchev–Trinajstić information content (AvgIpc) is 3.01. The lowest BCUT2D eigenvalue weighted by atomic mass is 9.55. The van der Waals surface area contributed by atoms with Crippen molar-refractivity contribution in [2.24, 2.45) is 34.5 Å². The largest absolute Gasteiger partial charge is 0.462 e.